The smallest absolute Gasteiger partial charge is 0.241 e. The summed E-state index contributed by atoms with van der Waals surface area (Å²) < 4.78 is 0. The molecule has 1 amide bonds. The predicted octanol–water partition coefficient (Wildman–Crippen LogP) is 2.42. The van der Waals surface area contributed by atoms with Gasteiger partial charge < -0.3 is 9.80 Å². The molecule has 1 aromatic rings. The number of nitrogens with zero attached hydrogens (tertiary/aromatic N) is 5. The van der Waals surface area contributed by atoms with Crippen molar-refractivity contribution in [3.63, 3.8) is 0 Å². The fourth-order valence-electron chi connectivity index (χ4n) is 4.01. The first-order valence-electron chi connectivity index (χ1n) is 9.64. The zero-order valence-corrected chi connectivity index (χ0v) is 16.7. The Balaban J connectivity index is 0.000000152. The van der Waals surface area contributed by atoms with Crippen molar-refractivity contribution in [3.8, 4) is 6.19 Å². The van der Waals surface area contributed by atoms with E-state index in [1.165, 1.54) is 42.0 Å². The summed E-state index contributed by atoms with van der Waals surface area (Å²) in [6.45, 7) is 5.98. The van der Waals surface area contributed by atoms with E-state index in [2.05, 4.69) is 29.2 Å². The van der Waals surface area contributed by atoms with Gasteiger partial charge in [0.25, 0.3) is 0 Å². The Morgan fingerprint density at radius 1 is 1.19 bits per heavy atom. The fourth-order valence-corrected chi connectivity index (χ4v) is 4.96. The van der Waals surface area contributed by atoms with Crippen molar-refractivity contribution in [2.45, 2.75) is 51.0 Å². The minimum atomic E-state index is -0.0952. The number of thiazole rings is 1. The first-order valence-corrected chi connectivity index (χ1v) is 10.5. The summed E-state index contributed by atoms with van der Waals surface area (Å²) >= 11 is 1.88. The van der Waals surface area contributed by atoms with Crippen LogP contribution < -0.4 is 0 Å². The number of piperazine rings is 2. The molecule has 3 aliphatic rings. The second-order valence-electron chi connectivity index (χ2n) is 7.47. The molecule has 0 radical (unpaired) electrons. The summed E-state index contributed by atoms with van der Waals surface area (Å²) in [6, 6.07) is -0.0952. The summed E-state index contributed by atoms with van der Waals surface area (Å²) in [5, 5.41) is 9.98. The number of nitriles is 1. The molecule has 3 heterocycles. The van der Waals surface area contributed by atoms with Crippen molar-refractivity contribution in [1.82, 2.24) is 19.7 Å². The Labute approximate surface area is 160 Å². The van der Waals surface area contributed by atoms with E-state index in [0.717, 1.165) is 32.1 Å². The van der Waals surface area contributed by atoms with E-state index < -0.39 is 0 Å². The van der Waals surface area contributed by atoms with E-state index in [9.17, 15) is 4.79 Å². The highest BCUT2D eigenvalue weighted by molar-refractivity contribution is 7.11. The van der Waals surface area contributed by atoms with Crippen LogP contribution in [0.25, 0.3) is 0 Å². The number of carbonyl (C=O) groups is 1. The molecule has 1 saturated carbocycles. The minimum absolute atomic E-state index is 0.0952. The SMILES string of the molecule is CN1CCN2CCN(C#N)C[C@H]2C1=O.Cc1ncc(C2CCCCC2)s1. The third kappa shape index (κ3) is 4.54. The molecule has 2 aliphatic heterocycles. The van der Waals surface area contributed by atoms with Gasteiger partial charge in [-0.15, -0.1) is 11.3 Å². The van der Waals surface area contributed by atoms with Crippen LogP contribution in [0.3, 0.4) is 0 Å². The molecule has 7 heteroatoms. The molecule has 2 saturated heterocycles. The molecule has 0 unspecified atom stereocenters. The monoisotopic (exact) mass is 375 g/mol. The summed E-state index contributed by atoms with van der Waals surface area (Å²) in [6.07, 6.45) is 11.2. The van der Waals surface area contributed by atoms with E-state index in [4.69, 9.17) is 5.26 Å². The maximum Gasteiger partial charge on any atom is 0.241 e. The molecule has 1 aromatic heterocycles. The average molecular weight is 376 g/mol. The maximum atomic E-state index is 11.8. The molecule has 142 valence electrons. The van der Waals surface area contributed by atoms with Crippen molar-refractivity contribution in [3.05, 3.63) is 16.1 Å². The van der Waals surface area contributed by atoms with E-state index in [1.54, 1.807) is 9.80 Å². The van der Waals surface area contributed by atoms with Gasteiger partial charge in [-0.05, 0) is 25.7 Å². The second-order valence-corrected chi connectivity index (χ2v) is 8.74. The van der Waals surface area contributed by atoms with Gasteiger partial charge in [0, 0.05) is 44.3 Å². The molecular weight excluding hydrogens is 346 g/mol. The van der Waals surface area contributed by atoms with Crippen LogP contribution in [-0.2, 0) is 4.79 Å². The second kappa shape index (κ2) is 8.83. The lowest BCUT2D eigenvalue weighted by molar-refractivity contribution is -0.142. The number of aryl methyl sites for hydroxylation is 1. The number of amides is 1. The quantitative estimate of drug-likeness (QED) is 0.706. The molecule has 1 aliphatic carbocycles. The molecule has 0 N–H and O–H groups in total. The fraction of sp³-hybridized carbons (Fsp3) is 0.737. The lowest BCUT2D eigenvalue weighted by atomic mass is 9.89. The van der Waals surface area contributed by atoms with Crippen molar-refractivity contribution in [1.29, 1.82) is 5.26 Å². The highest BCUT2D eigenvalue weighted by atomic mass is 32.1. The number of aromatic nitrogens is 1. The summed E-state index contributed by atoms with van der Waals surface area (Å²) in [4.78, 5) is 23.2. The van der Waals surface area contributed by atoms with Crippen LogP contribution in [0.2, 0.25) is 0 Å². The van der Waals surface area contributed by atoms with Gasteiger partial charge in [0.2, 0.25) is 5.91 Å². The van der Waals surface area contributed by atoms with Crippen LogP contribution in [0.5, 0.6) is 0 Å². The van der Waals surface area contributed by atoms with Crippen LogP contribution in [0.15, 0.2) is 6.20 Å². The largest absolute Gasteiger partial charge is 0.343 e. The molecule has 0 aromatic carbocycles. The zero-order chi connectivity index (χ0) is 18.5. The first kappa shape index (κ1) is 19.1. The van der Waals surface area contributed by atoms with Crippen molar-refractivity contribution >= 4 is 17.2 Å². The number of hydrogen-bond acceptors (Lipinski definition) is 6. The van der Waals surface area contributed by atoms with Gasteiger partial charge in [-0.1, -0.05) is 19.3 Å². The Kier molecular flexibility index (Phi) is 6.49. The normalized spacial score (nSPS) is 24.5. The first-order chi connectivity index (χ1) is 12.6. The number of carbonyl (C=O) groups excluding carboxylic acids is 1. The standard InChI is InChI=1S/C10H15NS.C9H14N4O/c1-8-11-7-10(12-8)9-5-3-2-4-6-9;1-11-2-4-13-5-3-12(7-10)6-8(13)9(11)14/h7,9H,2-6H2,1H3;8H,2-6H2,1H3/t;8-/m.0/s1. The van der Waals surface area contributed by atoms with Crippen molar-refractivity contribution < 1.29 is 4.79 Å². The van der Waals surface area contributed by atoms with Crippen LogP contribution in [0, 0.1) is 18.4 Å². The van der Waals surface area contributed by atoms with Crippen LogP contribution in [0.1, 0.15) is 47.9 Å². The van der Waals surface area contributed by atoms with Gasteiger partial charge in [-0.25, -0.2) is 4.98 Å². The Hall–Kier alpha value is -1.65. The Bertz CT molecular complexity index is 649. The molecule has 26 heavy (non-hydrogen) atoms. The highest BCUT2D eigenvalue weighted by Crippen LogP contribution is 2.35. The molecule has 0 bridgehead atoms. The van der Waals surface area contributed by atoms with E-state index >= 15 is 0 Å². The van der Waals surface area contributed by atoms with Crippen LogP contribution in [-0.4, -0.2) is 71.4 Å². The number of rotatable bonds is 1. The van der Waals surface area contributed by atoms with Gasteiger partial charge in [-0.2, -0.15) is 5.26 Å². The van der Waals surface area contributed by atoms with Gasteiger partial charge in [0.05, 0.1) is 11.6 Å². The minimum Gasteiger partial charge on any atom is -0.343 e. The third-order valence-corrected chi connectivity index (χ3v) is 6.74. The number of hydrogen-bond donors (Lipinski definition) is 0. The number of fused-ring (bicyclic) bond motifs is 1. The van der Waals surface area contributed by atoms with Gasteiger partial charge >= 0.3 is 0 Å². The zero-order valence-electron chi connectivity index (χ0n) is 15.9. The maximum absolute atomic E-state index is 11.8. The Morgan fingerprint density at radius 3 is 2.58 bits per heavy atom. The lowest BCUT2D eigenvalue weighted by Crippen LogP contribution is -2.63. The van der Waals surface area contributed by atoms with E-state index in [1.807, 2.05) is 18.4 Å². The predicted molar refractivity (Wildman–Crippen MR) is 103 cm³/mol. The van der Waals surface area contributed by atoms with E-state index in [0.29, 0.717) is 6.54 Å². The molecule has 6 nitrogen and oxygen atoms in total. The van der Waals surface area contributed by atoms with Crippen molar-refractivity contribution in [2.75, 3.05) is 39.8 Å². The van der Waals surface area contributed by atoms with Crippen LogP contribution >= 0.6 is 11.3 Å². The van der Waals surface area contributed by atoms with Gasteiger partial charge in [0.1, 0.15) is 6.04 Å². The van der Waals surface area contributed by atoms with Crippen LogP contribution in [0.4, 0.5) is 0 Å². The third-order valence-electron chi connectivity index (χ3n) is 5.66. The lowest BCUT2D eigenvalue weighted by Gasteiger charge is -2.43. The highest BCUT2D eigenvalue weighted by Gasteiger charge is 2.36. The van der Waals surface area contributed by atoms with E-state index in [-0.39, 0.29) is 11.9 Å². The molecule has 1 atom stereocenters. The molecule has 3 fully saturated rings. The summed E-state index contributed by atoms with van der Waals surface area (Å²) in [5.74, 6) is 0.987. The molecular formula is C19H29N5OS. The Morgan fingerprint density at radius 2 is 1.92 bits per heavy atom. The number of likely N-dealkylation sites (N-methyl/N-ethyl adjacent to an activating group) is 1. The molecule has 0 spiro atoms. The summed E-state index contributed by atoms with van der Waals surface area (Å²) in [7, 11) is 1.82. The molecule has 4 rings (SSSR count). The average Bonchev–Trinajstić information content (AvgIpc) is 3.12. The summed E-state index contributed by atoms with van der Waals surface area (Å²) in [5.41, 5.74) is 0. The van der Waals surface area contributed by atoms with Gasteiger partial charge in [0.15, 0.2) is 6.19 Å². The van der Waals surface area contributed by atoms with Crippen molar-refractivity contribution in [2.24, 2.45) is 0 Å². The topological polar surface area (TPSA) is 63.5 Å². The van der Waals surface area contributed by atoms with Gasteiger partial charge in [-0.3, -0.25) is 9.69 Å².